The summed E-state index contributed by atoms with van der Waals surface area (Å²) in [5.74, 6) is -1.29. The third-order valence-electron chi connectivity index (χ3n) is 5.18. The van der Waals surface area contributed by atoms with Crippen molar-refractivity contribution in [2.45, 2.75) is 31.5 Å². The molecule has 8 nitrogen and oxygen atoms in total. The van der Waals surface area contributed by atoms with Crippen LogP contribution in [0.15, 0.2) is 35.3 Å². The predicted molar refractivity (Wildman–Crippen MR) is 100 cm³/mol. The van der Waals surface area contributed by atoms with Crippen molar-refractivity contribution in [3.8, 4) is 0 Å². The summed E-state index contributed by atoms with van der Waals surface area (Å²) in [4.78, 5) is 41.0. The summed E-state index contributed by atoms with van der Waals surface area (Å²) >= 11 is 0. The Bertz CT molecular complexity index is 764. The van der Waals surface area contributed by atoms with Crippen LogP contribution in [0, 0.1) is 17.2 Å². The Kier molecular flexibility index (Phi) is 5.63. The molecule has 1 aliphatic carbocycles. The molecule has 1 aromatic carbocycles. The summed E-state index contributed by atoms with van der Waals surface area (Å²) < 4.78 is 0. The molecule has 0 radical (unpaired) electrons. The molecule has 2 aliphatic rings. The van der Waals surface area contributed by atoms with Crippen molar-refractivity contribution >= 4 is 30.3 Å². The number of nitrogens with zero attached hydrogens (tertiary/aromatic N) is 2. The van der Waals surface area contributed by atoms with Crippen LogP contribution < -0.4 is 10.6 Å². The van der Waals surface area contributed by atoms with Gasteiger partial charge in [0.1, 0.15) is 12.3 Å². The second-order valence-corrected chi connectivity index (χ2v) is 6.89. The quantitative estimate of drug-likeness (QED) is 0.394. The van der Waals surface area contributed by atoms with Crippen molar-refractivity contribution in [1.29, 1.82) is 5.41 Å². The van der Waals surface area contributed by atoms with Gasteiger partial charge in [-0.25, -0.2) is 4.99 Å². The van der Waals surface area contributed by atoms with Crippen molar-refractivity contribution in [2.75, 3.05) is 7.05 Å². The third kappa shape index (κ3) is 4.21. The minimum atomic E-state index is -0.693. The summed E-state index contributed by atoms with van der Waals surface area (Å²) in [7, 11) is 1.66. The number of hydrogen-bond acceptors (Lipinski definition) is 4. The number of carbonyl (C=O) groups excluding carboxylic acids is 3. The average molecular weight is 369 g/mol. The lowest BCUT2D eigenvalue weighted by Gasteiger charge is -2.22. The first-order valence-electron chi connectivity index (χ1n) is 8.94. The molecule has 1 saturated carbocycles. The van der Waals surface area contributed by atoms with Crippen LogP contribution in [0.3, 0.4) is 0 Å². The Hall–Kier alpha value is -3.03. The maximum Gasteiger partial charge on any atom is 0.289 e. The number of aliphatic imine (C=N–C) groups is 1. The number of rotatable bonds is 5. The Labute approximate surface area is 157 Å². The maximum atomic E-state index is 12.5. The van der Waals surface area contributed by atoms with Gasteiger partial charge in [0.2, 0.25) is 11.7 Å². The van der Waals surface area contributed by atoms with Crippen molar-refractivity contribution in [2.24, 2.45) is 16.8 Å². The van der Waals surface area contributed by atoms with Crippen molar-refractivity contribution in [3.63, 3.8) is 0 Å². The van der Waals surface area contributed by atoms with Gasteiger partial charge in [-0.05, 0) is 24.3 Å². The highest BCUT2D eigenvalue weighted by atomic mass is 16.2. The zero-order valence-electron chi connectivity index (χ0n) is 15.1. The fourth-order valence-electron chi connectivity index (χ4n) is 3.64. The Morgan fingerprint density at radius 1 is 1.33 bits per heavy atom. The van der Waals surface area contributed by atoms with E-state index in [1.54, 1.807) is 11.9 Å². The molecule has 1 heterocycles. The summed E-state index contributed by atoms with van der Waals surface area (Å²) in [6.07, 6.45) is 3.37. The minimum Gasteiger partial charge on any atom is -0.372 e. The molecule has 0 aromatic heterocycles. The standard InChI is InChI=1S/C19H23N5O3/c1-24-16-13(14(16)10-25)7-8-15(19(24)27)23-18(26)17(20)22-11-21-9-12-5-3-2-4-6-12/h2-6,10-11,13-16H,7-9H2,1H3,(H,23,26)(H2,20,21,22)/t13?,14-,15+,16?/m1/s1. The Balaban J connectivity index is 1.48. The Morgan fingerprint density at radius 2 is 2.07 bits per heavy atom. The summed E-state index contributed by atoms with van der Waals surface area (Å²) in [6.45, 7) is 0.534. The summed E-state index contributed by atoms with van der Waals surface area (Å²) in [5.41, 5.74) is 1.05. The number of carbonyl (C=O) groups is 3. The second kappa shape index (κ2) is 8.11. The molecule has 27 heavy (non-hydrogen) atoms. The van der Waals surface area contributed by atoms with E-state index in [0.717, 1.165) is 11.8 Å². The fourth-order valence-corrected chi connectivity index (χ4v) is 3.64. The number of amides is 2. The number of nitrogens with one attached hydrogen (secondary N) is 3. The molecule has 4 atom stereocenters. The van der Waals surface area contributed by atoms with E-state index in [1.807, 2.05) is 30.3 Å². The van der Waals surface area contributed by atoms with Crippen LogP contribution in [0.2, 0.25) is 0 Å². The van der Waals surface area contributed by atoms with E-state index >= 15 is 0 Å². The first-order valence-corrected chi connectivity index (χ1v) is 8.94. The molecule has 0 bridgehead atoms. The number of fused-ring (bicyclic) bond motifs is 1. The van der Waals surface area contributed by atoms with E-state index in [2.05, 4.69) is 15.6 Å². The number of amidine groups is 1. The average Bonchev–Trinajstić information content (AvgIpc) is 3.41. The van der Waals surface area contributed by atoms with Gasteiger partial charge < -0.3 is 20.3 Å². The normalized spacial score (nSPS) is 26.9. The van der Waals surface area contributed by atoms with E-state index in [-0.39, 0.29) is 23.8 Å². The maximum absolute atomic E-state index is 12.5. The monoisotopic (exact) mass is 369 g/mol. The number of likely N-dealkylation sites (N-methyl/N-ethyl adjacent to an activating group) is 1. The number of aldehydes is 1. The molecule has 1 saturated heterocycles. The van der Waals surface area contributed by atoms with E-state index in [0.29, 0.717) is 19.4 Å². The van der Waals surface area contributed by atoms with Gasteiger partial charge in [-0.3, -0.25) is 15.0 Å². The summed E-state index contributed by atoms with van der Waals surface area (Å²) in [6, 6.07) is 8.93. The highest BCUT2D eigenvalue weighted by Gasteiger charge is 2.56. The minimum absolute atomic E-state index is 0.0587. The van der Waals surface area contributed by atoms with Crippen molar-refractivity contribution in [1.82, 2.24) is 15.5 Å². The van der Waals surface area contributed by atoms with Crippen LogP contribution in [0.1, 0.15) is 18.4 Å². The van der Waals surface area contributed by atoms with Gasteiger partial charge in [0.15, 0.2) is 0 Å². The number of hydrogen-bond donors (Lipinski definition) is 3. The van der Waals surface area contributed by atoms with Gasteiger partial charge in [0.25, 0.3) is 5.91 Å². The van der Waals surface area contributed by atoms with Gasteiger partial charge in [0, 0.05) is 25.6 Å². The molecule has 2 fully saturated rings. The fraction of sp³-hybridized carbons (Fsp3) is 0.421. The molecule has 1 aliphatic heterocycles. The molecule has 0 spiro atoms. The van der Waals surface area contributed by atoms with Crippen LogP contribution in [0.25, 0.3) is 0 Å². The van der Waals surface area contributed by atoms with Crippen molar-refractivity contribution < 1.29 is 14.4 Å². The topological polar surface area (TPSA) is 115 Å². The third-order valence-corrected chi connectivity index (χ3v) is 5.18. The zero-order valence-corrected chi connectivity index (χ0v) is 15.1. The first-order chi connectivity index (χ1) is 13.0. The van der Waals surface area contributed by atoms with E-state index in [9.17, 15) is 14.4 Å². The van der Waals surface area contributed by atoms with Crippen molar-refractivity contribution in [3.05, 3.63) is 35.9 Å². The van der Waals surface area contributed by atoms with Crippen LogP contribution in [0.4, 0.5) is 0 Å². The molecular weight excluding hydrogens is 346 g/mol. The summed E-state index contributed by atoms with van der Waals surface area (Å²) in [5, 5.41) is 13.3. The van der Waals surface area contributed by atoms with Crippen LogP contribution in [0.5, 0.6) is 0 Å². The van der Waals surface area contributed by atoms with Crippen LogP contribution >= 0.6 is 0 Å². The molecule has 1 aromatic rings. The number of likely N-dealkylation sites (tertiary alicyclic amines) is 1. The lowest BCUT2D eigenvalue weighted by molar-refractivity contribution is -0.134. The molecular formula is C19H23N5O3. The smallest absolute Gasteiger partial charge is 0.289 e. The molecule has 3 N–H and O–H groups in total. The Morgan fingerprint density at radius 3 is 2.78 bits per heavy atom. The van der Waals surface area contributed by atoms with Gasteiger partial charge in [-0.2, -0.15) is 0 Å². The molecule has 8 heteroatoms. The molecule has 3 rings (SSSR count). The van der Waals surface area contributed by atoms with Crippen LogP contribution in [-0.2, 0) is 20.9 Å². The predicted octanol–water partition coefficient (Wildman–Crippen LogP) is 0.332. The van der Waals surface area contributed by atoms with E-state index in [1.165, 1.54) is 6.34 Å². The van der Waals surface area contributed by atoms with Gasteiger partial charge in [0.05, 0.1) is 6.34 Å². The van der Waals surface area contributed by atoms with Gasteiger partial charge >= 0.3 is 0 Å². The first kappa shape index (κ1) is 18.8. The van der Waals surface area contributed by atoms with Gasteiger partial charge in [-0.15, -0.1) is 0 Å². The molecule has 142 valence electrons. The van der Waals surface area contributed by atoms with Crippen LogP contribution in [-0.4, -0.2) is 54.3 Å². The highest BCUT2D eigenvalue weighted by molar-refractivity contribution is 6.38. The zero-order chi connectivity index (χ0) is 19.4. The molecule has 2 unspecified atom stereocenters. The SMILES string of the molecule is CN1C(=O)[C@@H](NC(=O)C(=N)/N=C\NCc2ccccc2)CCC2C1[C@@H]2C=O. The highest BCUT2D eigenvalue weighted by Crippen LogP contribution is 2.46. The van der Waals surface area contributed by atoms with E-state index in [4.69, 9.17) is 5.41 Å². The van der Waals surface area contributed by atoms with E-state index < -0.39 is 17.8 Å². The number of benzene rings is 1. The largest absolute Gasteiger partial charge is 0.372 e. The molecule has 2 amide bonds. The van der Waals surface area contributed by atoms with Gasteiger partial charge in [-0.1, -0.05) is 30.3 Å². The second-order valence-electron chi connectivity index (χ2n) is 6.89. The lowest BCUT2D eigenvalue weighted by Crippen LogP contribution is -2.49. The lowest BCUT2D eigenvalue weighted by atomic mass is 10.1.